The van der Waals surface area contributed by atoms with Crippen molar-refractivity contribution >= 4 is 5.96 Å². The molecular weight excluding hydrogens is 304 g/mol. The molecule has 24 heavy (non-hydrogen) atoms. The molecule has 1 aliphatic heterocycles. The average molecular weight is 328 g/mol. The molecule has 1 saturated heterocycles. The highest BCUT2D eigenvalue weighted by Gasteiger charge is 2.20. The molecule has 0 aromatic carbocycles. The van der Waals surface area contributed by atoms with Crippen molar-refractivity contribution in [2.75, 3.05) is 26.7 Å². The number of guanidine groups is 1. The minimum atomic E-state index is 0.731. The van der Waals surface area contributed by atoms with Gasteiger partial charge < -0.3 is 9.74 Å². The van der Waals surface area contributed by atoms with E-state index in [0.29, 0.717) is 0 Å². The summed E-state index contributed by atoms with van der Waals surface area (Å²) in [6, 6.07) is 3.77. The summed E-state index contributed by atoms with van der Waals surface area (Å²) in [4.78, 5) is 17.3. The van der Waals surface area contributed by atoms with Crippen LogP contribution in [-0.2, 0) is 7.05 Å². The lowest BCUT2D eigenvalue weighted by Gasteiger charge is -2.28. The second kappa shape index (κ2) is 7.33. The largest absolute Gasteiger partial charge is 0.377 e. The van der Waals surface area contributed by atoms with Gasteiger partial charge in [-0.3, -0.25) is 14.7 Å². The molecule has 0 spiro atoms. The van der Waals surface area contributed by atoms with E-state index in [9.17, 15) is 0 Å². The Balaban J connectivity index is 1.75. The summed E-state index contributed by atoms with van der Waals surface area (Å²) >= 11 is 0. The van der Waals surface area contributed by atoms with Crippen LogP contribution in [0.4, 0.5) is 0 Å². The van der Waals surface area contributed by atoms with Crippen molar-refractivity contribution in [3.63, 3.8) is 0 Å². The van der Waals surface area contributed by atoms with Gasteiger partial charge in [0.2, 0.25) is 5.96 Å². The van der Waals surface area contributed by atoms with Crippen molar-refractivity contribution in [3.8, 4) is 17.0 Å². The maximum absolute atomic E-state index is 6.00. The summed E-state index contributed by atoms with van der Waals surface area (Å²) in [6.07, 6.45) is 7.89. The van der Waals surface area contributed by atoms with Crippen LogP contribution >= 0.6 is 0 Å². The zero-order valence-electron chi connectivity index (χ0n) is 14.5. The molecule has 0 amide bonds. The molecule has 3 heterocycles. The molecule has 0 unspecified atom stereocenters. The number of pyridine rings is 1. The SMILES string of the molecule is CC/N=C(/N1CCCC1)N(C)Oc1ccnc(-c2cnn(C)c2)c1. The predicted molar refractivity (Wildman–Crippen MR) is 93.6 cm³/mol. The van der Waals surface area contributed by atoms with E-state index in [1.807, 2.05) is 39.3 Å². The first-order valence-corrected chi connectivity index (χ1v) is 8.33. The molecule has 0 saturated carbocycles. The summed E-state index contributed by atoms with van der Waals surface area (Å²) in [7, 11) is 3.79. The van der Waals surface area contributed by atoms with E-state index in [1.54, 1.807) is 22.1 Å². The number of nitrogens with zero attached hydrogens (tertiary/aromatic N) is 6. The van der Waals surface area contributed by atoms with Gasteiger partial charge in [0.05, 0.1) is 11.9 Å². The highest BCUT2D eigenvalue weighted by Crippen LogP contribution is 2.21. The summed E-state index contributed by atoms with van der Waals surface area (Å²) in [5.41, 5.74) is 1.80. The quantitative estimate of drug-likeness (QED) is 0.489. The Morgan fingerprint density at radius 1 is 1.38 bits per heavy atom. The number of aliphatic imine (C=N–C) groups is 1. The number of rotatable bonds is 4. The Hall–Kier alpha value is -2.57. The van der Waals surface area contributed by atoms with Gasteiger partial charge in [-0.2, -0.15) is 10.2 Å². The molecule has 128 valence electrons. The Labute approximate surface area is 142 Å². The van der Waals surface area contributed by atoms with E-state index in [1.165, 1.54) is 12.8 Å². The zero-order valence-corrected chi connectivity index (χ0v) is 14.5. The molecule has 0 aliphatic carbocycles. The van der Waals surface area contributed by atoms with Gasteiger partial charge in [-0.15, -0.1) is 0 Å². The molecule has 3 rings (SSSR count). The first-order valence-electron chi connectivity index (χ1n) is 8.33. The minimum absolute atomic E-state index is 0.731. The van der Waals surface area contributed by atoms with Crippen LogP contribution in [0.5, 0.6) is 5.75 Å². The van der Waals surface area contributed by atoms with Crippen molar-refractivity contribution in [1.29, 1.82) is 0 Å². The number of hydrogen-bond donors (Lipinski definition) is 0. The van der Waals surface area contributed by atoms with Crippen LogP contribution in [0.3, 0.4) is 0 Å². The van der Waals surface area contributed by atoms with Crippen molar-refractivity contribution in [2.24, 2.45) is 12.0 Å². The third kappa shape index (κ3) is 3.67. The molecule has 7 nitrogen and oxygen atoms in total. The molecule has 0 atom stereocenters. The van der Waals surface area contributed by atoms with E-state index in [-0.39, 0.29) is 0 Å². The highest BCUT2D eigenvalue weighted by molar-refractivity contribution is 5.79. The average Bonchev–Trinajstić information content (AvgIpc) is 3.24. The lowest BCUT2D eigenvalue weighted by atomic mass is 10.2. The standard InChI is InChI=1S/C17H24N6O/c1-4-18-17(23-9-5-6-10-23)22(3)24-15-7-8-19-16(11-15)14-12-20-21(2)13-14/h7-8,11-13H,4-6,9-10H2,1-3H3/b18-17+. The minimum Gasteiger partial charge on any atom is -0.377 e. The fraction of sp³-hybridized carbons (Fsp3) is 0.471. The molecular formula is C17H24N6O. The van der Waals surface area contributed by atoms with Gasteiger partial charge in [0.25, 0.3) is 0 Å². The summed E-state index contributed by atoms with van der Waals surface area (Å²) in [5, 5.41) is 5.94. The summed E-state index contributed by atoms with van der Waals surface area (Å²) in [6.45, 7) is 4.83. The van der Waals surface area contributed by atoms with E-state index in [0.717, 1.165) is 42.6 Å². The molecule has 2 aromatic heterocycles. The third-order valence-corrected chi connectivity index (χ3v) is 3.94. The van der Waals surface area contributed by atoms with E-state index < -0.39 is 0 Å². The number of hydrogen-bond acceptors (Lipinski definition) is 4. The smallest absolute Gasteiger partial charge is 0.230 e. The monoisotopic (exact) mass is 328 g/mol. The van der Waals surface area contributed by atoms with Crippen molar-refractivity contribution in [3.05, 3.63) is 30.7 Å². The van der Waals surface area contributed by atoms with Crippen LogP contribution in [0.25, 0.3) is 11.3 Å². The van der Waals surface area contributed by atoms with E-state index >= 15 is 0 Å². The van der Waals surface area contributed by atoms with Crippen molar-refractivity contribution < 1.29 is 4.84 Å². The van der Waals surface area contributed by atoms with Crippen molar-refractivity contribution in [1.82, 2.24) is 24.7 Å². The third-order valence-electron chi connectivity index (χ3n) is 3.94. The van der Waals surface area contributed by atoms with E-state index in [4.69, 9.17) is 4.84 Å². The molecule has 1 fully saturated rings. The topological polar surface area (TPSA) is 58.8 Å². The number of aromatic nitrogens is 3. The van der Waals surface area contributed by atoms with Gasteiger partial charge in [0.15, 0.2) is 5.75 Å². The summed E-state index contributed by atoms with van der Waals surface area (Å²) in [5.74, 6) is 1.61. The first-order chi connectivity index (χ1) is 11.7. The van der Waals surface area contributed by atoms with Crippen LogP contribution in [0.2, 0.25) is 0 Å². The summed E-state index contributed by atoms with van der Waals surface area (Å²) < 4.78 is 1.76. The van der Waals surface area contributed by atoms with Gasteiger partial charge in [-0.25, -0.2) is 0 Å². The Morgan fingerprint density at radius 3 is 2.83 bits per heavy atom. The van der Waals surface area contributed by atoms with Crippen LogP contribution in [0.15, 0.2) is 35.7 Å². The number of likely N-dealkylation sites (tertiary alicyclic amines) is 1. The van der Waals surface area contributed by atoms with E-state index in [2.05, 4.69) is 20.0 Å². The van der Waals surface area contributed by atoms with Crippen molar-refractivity contribution in [2.45, 2.75) is 19.8 Å². The van der Waals surface area contributed by atoms with Gasteiger partial charge in [-0.1, -0.05) is 0 Å². The van der Waals surface area contributed by atoms with Gasteiger partial charge in [0, 0.05) is 63.8 Å². The molecule has 2 aromatic rings. The number of hydroxylamine groups is 2. The van der Waals surface area contributed by atoms with Gasteiger partial charge >= 0.3 is 0 Å². The molecule has 7 heteroatoms. The van der Waals surface area contributed by atoms with Crippen LogP contribution in [0, 0.1) is 0 Å². The molecule has 0 bridgehead atoms. The highest BCUT2D eigenvalue weighted by atomic mass is 16.7. The first kappa shape index (κ1) is 16.3. The maximum Gasteiger partial charge on any atom is 0.230 e. The molecule has 0 radical (unpaired) electrons. The predicted octanol–water partition coefficient (Wildman–Crippen LogP) is 2.18. The normalized spacial score (nSPS) is 15.0. The van der Waals surface area contributed by atoms with Gasteiger partial charge in [0.1, 0.15) is 0 Å². The fourth-order valence-electron chi connectivity index (χ4n) is 2.84. The lowest BCUT2D eigenvalue weighted by molar-refractivity contribution is 0.0327. The zero-order chi connectivity index (χ0) is 16.9. The van der Waals surface area contributed by atoms with Gasteiger partial charge in [-0.05, 0) is 19.8 Å². The van der Waals surface area contributed by atoms with Crippen LogP contribution in [0.1, 0.15) is 19.8 Å². The lowest BCUT2D eigenvalue weighted by Crippen LogP contribution is -2.42. The second-order valence-electron chi connectivity index (χ2n) is 5.84. The van der Waals surface area contributed by atoms with Crippen LogP contribution in [-0.4, -0.2) is 57.4 Å². The fourth-order valence-corrected chi connectivity index (χ4v) is 2.84. The maximum atomic E-state index is 6.00. The van der Waals surface area contributed by atoms with Crippen LogP contribution < -0.4 is 4.84 Å². The Bertz CT molecular complexity index is 705. The number of aryl methyl sites for hydroxylation is 1. The second-order valence-corrected chi connectivity index (χ2v) is 5.84. The molecule has 1 aliphatic rings. The molecule has 0 N–H and O–H groups in total. The Kier molecular flexibility index (Phi) is 4.98. The Morgan fingerprint density at radius 2 is 2.17 bits per heavy atom.